The lowest BCUT2D eigenvalue weighted by Gasteiger charge is -2.03. The van der Waals surface area contributed by atoms with Gasteiger partial charge in [-0.3, -0.25) is 0 Å². The maximum absolute atomic E-state index is 12.9. The van der Waals surface area contributed by atoms with Crippen molar-refractivity contribution >= 4 is 15.9 Å². The van der Waals surface area contributed by atoms with E-state index in [2.05, 4.69) is 15.9 Å². The minimum absolute atomic E-state index is 0.309. The Hall–Kier alpha value is -0.570. The predicted octanol–water partition coefficient (Wildman–Crippen LogP) is 2.77. The van der Waals surface area contributed by atoms with Crippen molar-refractivity contribution in [2.24, 2.45) is 0 Å². The molecule has 66 valence electrons. The number of aryl methyl sites for hydroxylation is 1. The van der Waals surface area contributed by atoms with E-state index in [-0.39, 0.29) is 5.82 Å². The van der Waals surface area contributed by atoms with Crippen LogP contribution in [-0.4, -0.2) is 12.4 Å². The molecule has 12 heavy (non-hydrogen) atoms. The highest BCUT2D eigenvalue weighted by molar-refractivity contribution is 9.09. The smallest absolute Gasteiger partial charge is 0.165 e. The van der Waals surface area contributed by atoms with Gasteiger partial charge >= 0.3 is 0 Å². The first kappa shape index (κ1) is 9.52. The number of ether oxygens (including phenoxy) is 1. The Bertz CT molecular complexity index is 263. The van der Waals surface area contributed by atoms with Crippen LogP contribution in [-0.2, 0) is 6.42 Å². The van der Waals surface area contributed by atoms with E-state index < -0.39 is 0 Å². The molecule has 0 atom stereocenters. The highest BCUT2D eigenvalue weighted by Gasteiger charge is 2.02. The highest BCUT2D eigenvalue weighted by Crippen LogP contribution is 2.18. The average Bonchev–Trinajstić information content (AvgIpc) is 2.09. The lowest BCUT2D eigenvalue weighted by atomic mass is 10.1. The van der Waals surface area contributed by atoms with Gasteiger partial charge in [0.1, 0.15) is 0 Å². The van der Waals surface area contributed by atoms with Gasteiger partial charge in [-0.15, -0.1) is 0 Å². The van der Waals surface area contributed by atoms with Crippen molar-refractivity contribution in [3.05, 3.63) is 29.6 Å². The van der Waals surface area contributed by atoms with Crippen LogP contribution in [0.25, 0.3) is 0 Å². The fourth-order valence-corrected chi connectivity index (χ4v) is 1.43. The normalized spacial score (nSPS) is 9.92. The van der Waals surface area contributed by atoms with Gasteiger partial charge in [-0.25, -0.2) is 4.39 Å². The summed E-state index contributed by atoms with van der Waals surface area (Å²) in [5.41, 5.74) is 1.07. The summed E-state index contributed by atoms with van der Waals surface area (Å²) in [4.78, 5) is 0. The maximum Gasteiger partial charge on any atom is 0.165 e. The van der Waals surface area contributed by atoms with E-state index in [1.165, 1.54) is 13.2 Å². The molecule has 0 saturated heterocycles. The number of rotatable bonds is 3. The van der Waals surface area contributed by atoms with Gasteiger partial charge in [0.05, 0.1) is 7.11 Å². The molecular formula is C9H10BrFO. The fourth-order valence-electron chi connectivity index (χ4n) is 0.969. The molecule has 0 heterocycles. The number of hydrogen-bond donors (Lipinski definition) is 0. The van der Waals surface area contributed by atoms with Gasteiger partial charge in [0, 0.05) is 5.33 Å². The second kappa shape index (κ2) is 4.45. The topological polar surface area (TPSA) is 9.23 Å². The Kier molecular flexibility index (Phi) is 3.53. The standard InChI is InChI=1S/C9H10BrFO/c1-12-9-6-7(4-5-10)2-3-8(9)11/h2-3,6H,4-5H2,1H3. The third-order valence-electron chi connectivity index (χ3n) is 1.60. The Morgan fingerprint density at radius 2 is 2.25 bits per heavy atom. The minimum Gasteiger partial charge on any atom is -0.494 e. The first-order valence-electron chi connectivity index (χ1n) is 3.66. The first-order valence-corrected chi connectivity index (χ1v) is 4.78. The lowest BCUT2D eigenvalue weighted by Crippen LogP contribution is -1.91. The summed E-state index contributed by atoms with van der Waals surface area (Å²) in [6.07, 6.45) is 0.886. The van der Waals surface area contributed by atoms with Gasteiger partial charge in [0.15, 0.2) is 11.6 Å². The van der Waals surface area contributed by atoms with Crippen molar-refractivity contribution in [3.63, 3.8) is 0 Å². The third kappa shape index (κ3) is 2.21. The summed E-state index contributed by atoms with van der Waals surface area (Å²) in [5.74, 6) is 0.00396. The van der Waals surface area contributed by atoms with E-state index in [0.29, 0.717) is 5.75 Å². The second-order valence-corrected chi connectivity index (χ2v) is 3.20. The van der Waals surface area contributed by atoms with Crippen LogP contribution in [0.1, 0.15) is 5.56 Å². The largest absolute Gasteiger partial charge is 0.494 e. The van der Waals surface area contributed by atoms with Gasteiger partial charge in [0.25, 0.3) is 0 Å². The Morgan fingerprint density at radius 1 is 1.50 bits per heavy atom. The van der Waals surface area contributed by atoms with E-state index in [1.807, 2.05) is 0 Å². The number of hydrogen-bond acceptors (Lipinski definition) is 1. The molecule has 0 aliphatic heterocycles. The molecule has 1 aromatic rings. The zero-order valence-corrected chi connectivity index (χ0v) is 8.40. The highest BCUT2D eigenvalue weighted by atomic mass is 79.9. The van der Waals surface area contributed by atoms with Crippen LogP contribution >= 0.6 is 15.9 Å². The van der Waals surface area contributed by atoms with Crippen LogP contribution < -0.4 is 4.74 Å². The molecule has 0 aliphatic carbocycles. The van der Waals surface area contributed by atoms with E-state index in [0.717, 1.165) is 17.3 Å². The quantitative estimate of drug-likeness (QED) is 0.729. The Morgan fingerprint density at radius 3 is 2.83 bits per heavy atom. The van der Waals surface area contributed by atoms with Gasteiger partial charge in [-0.05, 0) is 24.1 Å². The Labute approximate surface area is 79.7 Å². The fraction of sp³-hybridized carbons (Fsp3) is 0.333. The molecule has 1 rings (SSSR count). The van der Waals surface area contributed by atoms with E-state index in [9.17, 15) is 4.39 Å². The Balaban J connectivity index is 2.89. The van der Waals surface area contributed by atoms with Crippen molar-refractivity contribution in [3.8, 4) is 5.75 Å². The van der Waals surface area contributed by atoms with Gasteiger partial charge in [-0.1, -0.05) is 22.0 Å². The molecule has 0 fully saturated rings. The second-order valence-electron chi connectivity index (χ2n) is 2.41. The molecule has 0 aromatic heterocycles. The summed E-state index contributed by atoms with van der Waals surface area (Å²) in [6, 6.07) is 4.91. The van der Waals surface area contributed by atoms with Crippen molar-refractivity contribution in [2.75, 3.05) is 12.4 Å². The van der Waals surface area contributed by atoms with Crippen molar-refractivity contribution in [2.45, 2.75) is 6.42 Å². The molecule has 1 aromatic carbocycles. The summed E-state index contributed by atoms with van der Waals surface area (Å²) in [6.45, 7) is 0. The summed E-state index contributed by atoms with van der Waals surface area (Å²) >= 11 is 3.32. The monoisotopic (exact) mass is 232 g/mol. The number of halogens is 2. The summed E-state index contributed by atoms with van der Waals surface area (Å²) in [7, 11) is 1.47. The zero-order valence-electron chi connectivity index (χ0n) is 6.81. The van der Waals surface area contributed by atoms with Crippen LogP contribution in [0.15, 0.2) is 18.2 Å². The van der Waals surface area contributed by atoms with Gasteiger partial charge < -0.3 is 4.74 Å². The maximum atomic E-state index is 12.9. The van der Waals surface area contributed by atoms with E-state index >= 15 is 0 Å². The van der Waals surface area contributed by atoms with Crippen LogP contribution in [0.5, 0.6) is 5.75 Å². The molecule has 3 heteroatoms. The lowest BCUT2D eigenvalue weighted by molar-refractivity contribution is 0.386. The van der Waals surface area contributed by atoms with Crippen molar-refractivity contribution in [1.82, 2.24) is 0 Å². The number of methoxy groups -OCH3 is 1. The van der Waals surface area contributed by atoms with E-state index in [1.54, 1.807) is 12.1 Å². The first-order chi connectivity index (χ1) is 5.77. The van der Waals surface area contributed by atoms with Crippen LogP contribution in [0.2, 0.25) is 0 Å². The van der Waals surface area contributed by atoms with Crippen LogP contribution in [0.4, 0.5) is 4.39 Å². The molecule has 0 radical (unpaired) electrons. The molecule has 0 spiro atoms. The molecule has 0 saturated carbocycles. The molecule has 0 N–H and O–H groups in total. The van der Waals surface area contributed by atoms with Crippen molar-refractivity contribution in [1.29, 1.82) is 0 Å². The molecule has 0 amide bonds. The summed E-state index contributed by atoms with van der Waals surface area (Å²) in [5, 5.41) is 0.877. The van der Waals surface area contributed by atoms with Gasteiger partial charge in [-0.2, -0.15) is 0 Å². The third-order valence-corrected chi connectivity index (χ3v) is 2.00. The number of benzene rings is 1. The van der Waals surface area contributed by atoms with E-state index in [4.69, 9.17) is 4.74 Å². The SMILES string of the molecule is COc1cc(CCBr)ccc1F. The molecule has 1 nitrogen and oxygen atoms in total. The van der Waals surface area contributed by atoms with Gasteiger partial charge in [0.2, 0.25) is 0 Å². The molecule has 0 bridgehead atoms. The summed E-state index contributed by atoms with van der Waals surface area (Å²) < 4.78 is 17.7. The average molecular weight is 233 g/mol. The zero-order chi connectivity index (χ0) is 8.97. The van der Waals surface area contributed by atoms with Crippen molar-refractivity contribution < 1.29 is 9.13 Å². The molecule has 0 unspecified atom stereocenters. The molecular weight excluding hydrogens is 223 g/mol. The van der Waals surface area contributed by atoms with Crippen LogP contribution in [0, 0.1) is 5.82 Å². The minimum atomic E-state index is -0.309. The van der Waals surface area contributed by atoms with Crippen LogP contribution in [0.3, 0.4) is 0 Å². The predicted molar refractivity (Wildman–Crippen MR) is 50.5 cm³/mol. The number of alkyl halides is 1. The molecule has 0 aliphatic rings.